The van der Waals surface area contributed by atoms with Crippen molar-refractivity contribution in [1.82, 2.24) is 0 Å². The Kier molecular flexibility index (Phi) is 5.53. The first-order valence-electron chi connectivity index (χ1n) is 7.13. The number of aryl methyl sites for hydroxylation is 2. The Labute approximate surface area is 131 Å². The zero-order valence-electron chi connectivity index (χ0n) is 13.5. The van der Waals surface area contributed by atoms with Gasteiger partial charge in [0, 0.05) is 12.1 Å². The van der Waals surface area contributed by atoms with E-state index in [1.165, 1.54) is 0 Å². The van der Waals surface area contributed by atoms with E-state index in [0.717, 1.165) is 47.0 Å². The van der Waals surface area contributed by atoms with Gasteiger partial charge in [-0.3, -0.25) is 0 Å². The van der Waals surface area contributed by atoms with Crippen molar-refractivity contribution in [3.63, 3.8) is 0 Å². The highest BCUT2D eigenvalue weighted by Crippen LogP contribution is 2.27. The van der Waals surface area contributed by atoms with E-state index in [9.17, 15) is 0 Å². The summed E-state index contributed by atoms with van der Waals surface area (Å²) >= 11 is 0. The molecule has 2 rings (SSSR count). The van der Waals surface area contributed by atoms with Crippen LogP contribution in [0.15, 0.2) is 36.4 Å². The second kappa shape index (κ2) is 7.59. The van der Waals surface area contributed by atoms with Gasteiger partial charge in [-0.2, -0.15) is 0 Å². The lowest BCUT2D eigenvalue weighted by Crippen LogP contribution is -1.97. The fourth-order valence-corrected chi connectivity index (χ4v) is 2.35. The van der Waals surface area contributed by atoms with E-state index in [1.54, 1.807) is 28.4 Å². The molecule has 0 saturated heterocycles. The van der Waals surface area contributed by atoms with Gasteiger partial charge in [-0.15, -0.1) is 0 Å². The number of benzene rings is 2. The van der Waals surface area contributed by atoms with Crippen molar-refractivity contribution in [2.24, 2.45) is 0 Å². The highest BCUT2D eigenvalue weighted by molar-refractivity contribution is 5.42. The second-order valence-corrected chi connectivity index (χ2v) is 4.90. The summed E-state index contributed by atoms with van der Waals surface area (Å²) in [5.74, 6) is 3.24. The Morgan fingerprint density at radius 3 is 1.82 bits per heavy atom. The first-order valence-corrected chi connectivity index (χ1v) is 7.13. The van der Waals surface area contributed by atoms with Crippen LogP contribution < -0.4 is 18.9 Å². The van der Waals surface area contributed by atoms with Crippen LogP contribution in [0.4, 0.5) is 0 Å². The summed E-state index contributed by atoms with van der Waals surface area (Å²) in [4.78, 5) is 0. The third-order valence-electron chi connectivity index (χ3n) is 3.59. The molecule has 0 aliphatic heterocycles. The molecular weight excluding hydrogens is 280 g/mol. The molecule has 0 spiro atoms. The topological polar surface area (TPSA) is 36.9 Å². The van der Waals surface area contributed by atoms with Gasteiger partial charge in [0.2, 0.25) is 0 Å². The number of rotatable bonds is 7. The van der Waals surface area contributed by atoms with Crippen molar-refractivity contribution in [2.75, 3.05) is 28.4 Å². The van der Waals surface area contributed by atoms with Crippen LogP contribution in [0.2, 0.25) is 0 Å². The molecule has 118 valence electrons. The van der Waals surface area contributed by atoms with Gasteiger partial charge in [-0.1, -0.05) is 6.07 Å². The van der Waals surface area contributed by atoms with Crippen LogP contribution >= 0.6 is 0 Å². The molecule has 2 aromatic carbocycles. The summed E-state index contributed by atoms with van der Waals surface area (Å²) in [7, 11) is 6.64. The van der Waals surface area contributed by atoms with Crippen LogP contribution in [0.3, 0.4) is 0 Å². The van der Waals surface area contributed by atoms with Gasteiger partial charge in [-0.25, -0.2) is 0 Å². The second-order valence-electron chi connectivity index (χ2n) is 4.90. The molecule has 0 unspecified atom stereocenters. The van der Waals surface area contributed by atoms with Crippen molar-refractivity contribution >= 4 is 0 Å². The molecule has 0 amide bonds. The van der Waals surface area contributed by atoms with E-state index in [1.807, 2.05) is 36.4 Å². The normalized spacial score (nSPS) is 10.2. The Balaban J connectivity index is 2.16. The Hall–Kier alpha value is -2.36. The minimum Gasteiger partial charge on any atom is -0.497 e. The predicted octanol–water partition coefficient (Wildman–Crippen LogP) is 3.51. The standard InChI is InChI=1S/C18H22O4/c1-19-15-8-7-14(18(12-15)22-4)6-5-13-9-16(20-2)11-17(10-13)21-3/h7-12H,5-6H2,1-4H3. The molecule has 2 aromatic rings. The van der Waals surface area contributed by atoms with Gasteiger partial charge in [0.25, 0.3) is 0 Å². The summed E-state index contributed by atoms with van der Waals surface area (Å²) in [6, 6.07) is 11.8. The lowest BCUT2D eigenvalue weighted by atomic mass is 10.0. The smallest absolute Gasteiger partial charge is 0.125 e. The highest BCUT2D eigenvalue weighted by atomic mass is 16.5. The SMILES string of the molecule is COc1cc(CCc2ccc(OC)cc2OC)cc(OC)c1. The molecule has 0 aromatic heterocycles. The summed E-state index contributed by atoms with van der Waals surface area (Å²) < 4.78 is 21.3. The Morgan fingerprint density at radius 2 is 1.27 bits per heavy atom. The lowest BCUT2D eigenvalue weighted by Gasteiger charge is -2.11. The molecular formula is C18H22O4. The third kappa shape index (κ3) is 3.85. The average Bonchev–Trinajstić information content (AvgIpc) is 2.59. The lowest BCUT2D eigenvalue weighted by molar-refractivity contribution is 0.390. The highest BCUT2D eigenvalue weighted by Gasteiger charge is 2.07. The van der Waals surface area contributed by atoms with E-state index in [4.69, 9.17) is 18.9 Å². The zero-order chi connectivity index (χ0) is 15.9. The van der Waals surface area contributed by atoms with Gasteiger partial charge in [-0.05, 0) is 42.2 Å². The van der Waals surface area contributed by atoms with Crippen molar-refractivity contribution in [3.05, 3.63) is 47.5 Å². The molecule has 0 atom stereocenters. The van der Waals surface area contributed by atoms with E-state index in [-0.39, 0.29) is 0 Å². The van der Waals surface area contributed by atoms with Crippen LogP contribution in [-0.2, 0) is 12.8 Å². The van der Waals surface area contributed by atoms with E-state index < -0.39 is 0 Å². The van der Waals surface area contributed by atoms with Crippen LogP contribution in [-0.4, -0.2) is 28.4 Å². The molecule has 0 fully saturated rings. The minimum atomic E-state index is 0.795. The van der Waals surface area contributed by atoms with Gasteiger partial charge >= 0.3 is 0 Å². The van der Waals surface area contributed by atoms with Crippen LogP contribution in [0, 0.1) is 0 Å². The largest absolute Gasteiger partial charge is 0.497 e. The number of methoxy groups -OCH3 is 4. The first kappa shape index (κ1) is 16.0. The fourth-order valence-electron chi connectivity index (χ4n) is 2.35. The molecule has 0 aliphatic carbocycles. The maximum Gasteiger partial charge on any atom is 0.125 e. The van der Waals surface area contributed by atoms with Gasteiger partial charge in [0.1, 0.15) is 23.0 Å². The van der Waals surface area contributed by atoms with E-state index in [2.05, 4.69) is 0 Å². The summed E-state index contributed by atoms with van der Waals surface area (Å²) in [6.45, 7) is 0. The zero-order valence-corrected chi connectivity index (χ0v) is 13.5. The molecule has 0 saturated carbocycles. The molecule has 0 heterocycles. The Bertz CT molecular complexity index is 600. The molecule has 0 N–H and O–H groups in total. The minimum absolute atomic E-state index is 0.795. The molecule has 22 heavy (non-hydrogen) atoms. The van der Waals surface area contributed by atoms with Crippen molar-refractivity contribution in [1.29, 1.82) is 0 Å². The van der Waals surface area contributed by atoms with Crippen molar-refractivity contribution in [3.8, 4) is 23.0 Å². The molecule has 4 nitrogen and oxygen atoms in total. The summed E-state index contributed by atoms with van der Waals surface area (Å²) in [5, 5.41) is 0. The first-order chi connectivity index (χ1) is 10.7. The van der Waals surface area contributed by atoms with Crippen molar-refractivity contribution in [2.45, 2.75) is 12.8 Å². The van der Waals surface area contributed by atoms with Gasteiger partial charge in [0.15, 0.2) is 0 Å². The van der Waals surface area contributed by atoms with E-state index >= 15 is 0 Å². The molecule has 0 bridgehead atoms. The maximum atomic E-state index is 5.44. The van der Waals surface area contributed by atoms with Crippen LogP contribution in [0.1, 0.15) is 11.1 Å². The fraction of sp³-hybridized carbons (Fsp3) is 0.333. The molecule has 0 radical (unpaired) electrons. The summed E-state index contributed by atoms with van der Waals surface area (Å²) in [6.07, 6.45) is 1.74. The van der Waals surface area contributed by atoms with Gasteiger partial charge < -0.3 is 18.9 Å². The average molecular weight is 302 g/mol. The van der Waals surface area contributed by atoms with Gasteiger partial charge in [0.05, 0.1) is 28.4 Å². The Morgan fingerprint density at radius 1 is 0.636 bits per heavy atom. The summed E-state index contributed by atoms with van der Waals surface area (Å²) in [5.41, 5.74) is 2.30. The molecule has 4 heteroatoms. The van der Waals surface area contributed by atoms with E-state index in [0.29, 0.717) is 0 Å². The van der Waals surface area contributed by atoms with Crippen LogP contribution in [0.5, 0.6) is 23.0 Å². The maximum absolute atomic E-state index is 5.44. The third-order valence-corrected chi connectivity index (χ3v) is 3.59. The molecule has 0 aliphatic rings. The number of hydrogen-bond acceptors (Lipinski definition) is 4. The monoisotopic (exact) mass is 302 g/mol. The van der Waals surface area contributed by atoms with Crippen LogP contribution in [0.25, 0.3) is 0 Å². The number of hydrogen-bond donors (Lipinski definition) is 0. The van der Waals surface area contributed by atoms with Crippen molar-refractivity contribution < 1.29 is 18.9 Å². The number of ether oxygens (including phenoxy) is 4. The quantitative estimate of drug-likeness (QED) is 0.784. The predicted molar refractivity (Wildman–Crippen MR) is 86.5 cm³/mol.